The fraction of sp³-hybridized carbons (Fsp3) is 0.273. The predicted octanol–water partition coefficient (Wildman–Crippen LogP) is 4.06. The molecule has 5 rings (SSSR count). The second-order valence-electron chi connectivity index (χ2n) is 7.17. The topological polar surface area (TPSA) is 45.7 Å². The van der Waals surface area contributed by atoms with Gasteiger partial charge in [0.2, 0.25) is 0 Å². The molecule has 2 aliphatic heterocycles. The van der Waals surface area contributed by atoms with E-state index in [1.165, 1.54) is 22.1 Å². The molecule has 5 heteroatoms. The van der Waals surface area contributed by atoms with Crippen molar-refractivity contribution in [3.05, 3.63) is 65.2 Å². The van der Waals surface area contributed by atoms with Crippen molar-refractivity contribution in [1.29, 1.82) is 0 Å². The maximum Gasteiger partial charge on any atom is 0.414 e. The van der Waals surface area contributed by atoms with E-state index in [-0.39, 0.29) is 6.09 Å². The van der Waals surface area contributed by atoms with Gasteiger partial charge in [0.25, 0.3) is 0 Å². The molecule has 0 atom stereocenters. The smallest absolute Gasteiger partial charge is 0.414 e. The molecular formula is C22H21N3O2. The van der Waals surface area contributed by atoms with Crippen LogP contribution in [0, 0.1) is 6.92 Å². The second kappa shape index (κ2) is 6.27. The van der Waals surface area contributed by atoms with Gasteiger partial charge in [-0.3, -0.25) is 4.90 Å². The molecule has 0 N–H and O–H groups in total. The molecule has 1 saturated heterocycles. The van der Waals surface area contributed by atoms with Crippen molar-refractivity contribution in [3.8, 4) is 0 Å². The lowest BCUT2D eigenvalue weighted by molar-refractivity contribution is 0.181. The lowest BCUT2D eigenvalue weighted by Gasteiger charge is -2.33. The molecule has 3 aromatic rings. The van der Waals surface area contributed by atoms with Crippen LogP contribution in [0.25, 0.3) is 10.9 Å². The van der Waals surface area contributed by atoms with Crippen LogP contribution < -0.4 is 9.80 Å². The molecule has 136 valence electrons. The highest BCUT2D eigenvalue weighted by molar-refractivity contribution is 5.90. The molecule has 0 bridgehead atoms. The minimum atomic E-state index is -0.238. The first-order valence-corrected chi connectivity index (χ1v) is 9.37. The summed E-state index contributed by atoms with van der Waals surface area (Å²) in [5.74, 6) is 1.05. The van der Waals surface area contributed by atoms with Crippen LogP contribution in [0.4, 0.5) is 16.3 Å². The molecule has 5 nitrogen and oxygen atoms in total. The highest BCUT2D eigenvalue weighted by atomic mass is 16.6. The van der Waals surface area contributed by atoms with E-state index in [4.69, 9.17) is 9.72 Å². The summed E-state index contributed by atoms with van der Waals surface area (Å²) in [5.41, 5.74) is 5.73. The number of hydrogen-bond acceptors (Lipinski definition) is 4. The number of hydrogen-bond donors (Lipinski definition) is 0. The van der Waals surface area contributed by atoms with Gasteiger partial charge in [0.05, 0.1) is 17.7 Å². The van der Waals surface area contributed by atoms with Crippen LogP contribution in [0.1, 0.15) is 16.7 Å². The number of carbonyl (C=O) groups excluding carboxylic acids is 1. The normalized spacial score (nSPS) is 16.6. The third kappa shape index (κ3) is 2.70. The van der Waals surface area contributed by atoms with Crippen LogP contribution in [0.5, 0.6) is 0 Å². The van der Waals surface area contributed by atoms with Crippen LogP contribution in [0.2, 0.25) is 0 Å². The molecule has 27 heavy (non-hydrogen) atoms. The number of aromatic nitrogens is 1. The molecule has 0 spiro atoms. The Morgan fingerprint density at radius 2 is 1.96 bits per heavy atom. The van der Waals surface area contributed by atoms with Crippen LogP contribution in [0.15, 0.2) is 48.5 Å². The molecular weight excluding hydrogens is 338 g/mol. The highest BCUT2D eigenvalue weighted by Gasteiger charge is 2.29. The maximum atomic E-state index is 12.0. The van der Waals surface area contributed by atoms with E-state index in [2.05, 4.69) is 36.1 Å². The van der Waals surface area contributed by atoms with Gasteiger partial charge in [-0.25, -0.2) is 9.78 Å². The monoisotopic (exact) mass is 359 g/mol. The number of para-hydroxylation sites is 1. The first-order chi connectivity index (χ1) is 13.2. The summed E-state index contributed by atoms with van der Waals surface area (Å²) in [7, 11) is 0. The Morgan fingerprint density at radius 1 is 1.07 bits per heavy atom. The minimum Gasteiger partial charge on any atom is -0.447 e. The maximum absolute atomic E-state index is 12.0. The number of cyclic esters (lactones) is 1. The number of benzene rings is 2. The number of rotatable bonds is 2. The van der Waals surface area contributed by atoms with Gasteiger partial charge in [0, 0.05) is 18.5 Å². The molecule has 2 aliphatic rings. The summed E-state index contributed by atoms with van der Waals surface area (Å²) < 4.78 is 5.12. The van der Waals surface area contributed by atoms with E-state index >= 15 is 0 Å². The standard InChI is InChI=1S/C22H21N3O2/c1-15-13-16-5-2-3-7-19(16)23-21(15)24-10-9-18-17(14-24)6-4-8-20(18)25-11-12-27-22(25)26/h2-8,13H,9-12,14H2,1H3. The Kier molecular flexibility index (Phi) is 3.74. The number of carbonyl (C=O) groups is 1. The van der Waals surface area contributed by atoms with E-state index < -0.39 is 0 Å². The van der Waals surface area contributed by atoms with Gasteiger partial charge in [-0.2, -0.15) is 0 Å². The first-order valence-electron chi connectivity index (χ1n) is 9.37. The molecule has 1 aromatic heterocycles. The first kappa shape index (κ1) is 16.1. The van der Waals surface area contributed by atoms with E-state index in [9.17, 15) is 4.79 Å². The largest absolute Gasteiger partial charge is 0.447 e. The number of ether oxygens (including phenoxy) is 1. The Hall–Kier alpha value is -3.08. The summed E-state index contributed by atoms with van der Waals surface area (Å²) >= 11 is 0. The van der Waals surface area contributed by atoms with Crippen molar-refractivity contribution in [2.45, 2.75) is 19.9 Å². The van der Waals surface area contributed by atoms with Crippen LogP contribution in [-0.4, -0.2) is 30.8 Å². The zero-order valence-corrected chi connectivity index (χ0v) is 15.3. The molecule has 3 heterocycles. The molecule has 2 aromatic carbocycles. The van der Waals surface area contributed by atoms with E-state index in [1.54, 1.807) is 4.90 Å². The van der Waals surface area contributed by atoms with Gasteiger partial charge in [-0.15, -0.1) is 0 Å². The van der Waals surface area contributed by atoms with Crippen molar-refractivity contribution >= 4 is 28.5 Å². The number of anilines is 2. The fourth-order valence-electron chi connectivity index (χ4n) is 4.17. The van der Waals surface area contributed by atoms with Gasteiger partial charge in [-0.1, -0.05) is 30.3 Å². The molecule has 0 aliphatic carbocycles. The number of pyridine rings is 1. The number of fused-ring (bicyclic) bond motifs is 2. The van der Waals surface area contributed by atoms with Gasteiger partial charge in [0.1, 0.15) is 12.4 Å². The second-order valence-corrected chi connectivity index (χ2v) is 7.17. The molecule has 0 saturated carbocycles. The van der Waals surface area contributed by atoms with Gasteiger partial charge < -0.3 is 9.64 Å². The summed E-state index contributed by atoms with van der Waals surface area (Å²) in [6.45, 7) is 4.91. The minimum absolute atomic E-state index is 0.238. The summed E-state index contributed by atoms with van der Waals surface area (Å²) in [6.07, 6.45) is 0.654. The Morgan fingerprint density at radius 3 is 2.81 bits per heavy atom. The zero-order valence-electron chi connectivity index (χ0n) is 15.3. The summed E-state index contributed by atoms with van der Waals surface area (Å²) in [4.78, 5) is 21.0. The van der Waals surface area contributed by atoms with Crippen molar-refractivity contribution in [3.63, 3.8) is 0 Å². The van der Waals surface area contributed by atoms with Crippen LogP contribution >= 0.6 is 0 Å². The lowest BCUT2D eigenvalue weighted by atomic mass is 9.96. The van der Waals surface area contributed by atoms with Crippen molar-refractivity contribution in [1.82, 2.24) is 4.98 Å². The summed E-state index contributed by atoms with van der Waals surface area (Å²) in [6, 6.07) is 16.7. The Labute approximate surface area is 158 Å². The third-order valence-electron chi connectivity index (χ3n) is 5.48. The van der Waals surface area contributed by atoms with E-state index in [0.717, 1.165) is 36.5 Å². The molecule has 0 radical (unpaired) electrons. The van der Waals surface area contributed by atoms with Gasteiger partial charge in [-0.05, 0) is 48.2 Å². The average molecular weight is 359 g/mol. The quantitative estimate of drug-likeness (QED) is 0.692. The van der Waals surface area contributed by atoms with Gasteiger partial charge >= 0.3 is 6.09 Å². The molecule has 1 amide bonds. The zero-order chi connectivity index (χ0) is 18.4. The fourth-order valence-corrected chi connectivity index (χ4v) is 4.17. The highest BCUT2D eigenvalue weighted by Crippen LogP contribution is 2.33. The summed E-state index contributed by atoms with van der Waals surface area (Å²) in [5, 5.41) is 1.17. The van der Waals surface area contributed by atoms with E-state index in [1.807, 2.05) is 24.3 Å². The lowest BCUT2D eigenvalue weighted by Crippen LogP contribution is -2.33. The number of amides is 1. The number of aryl methyl sites for hydroxylation is 1. The van der Waals surface area contributed by atoms with Crippen LogP contribution in [-0.2, 0) is 17.7 Å². The van der Waals surface area contributed by atoms with Crippen molar-refractivity contribution in [2.75, 3.05) is 29.5 Å². The van der Waals surface area contributed by atoms with Crippen LogP contribution in [0.3, 0.4) is 0 Å². The Bertz CT molecular complexity index is 1050. The van der Waals surface area contributed by atoms with Gasteiger partial charge in [0.15, 0.2) is 0 Å². The van der Waals surface area contributed by atoms with Crippen molar-refractivity contribution in [2.24, 2.45) is 0 Å². The van der Waals surface area contributed by atoms with E-state index in [0.29, 0.717) is 13.2 Å². The SMILES string of the molecule is Cc1cc2ccccc2nc1N1CCc2c(cccc2N2CCOC2=O)C1. The third-order valence-corrected chi connectivity index (χ3v) is 5.48. The molecule has 0 unspecified atom stereocenters. The predicted molar refractivity (Wildman–Crippen MR) is 106 cm³/mol. The number of nitrogens with zero attached hydrogens (tertiary/aromatic N) is 3. The molecule has 1 fully saturated rings. The van der Waals surface area contributed by atoms with Crippen molar-refractivity contribution < 1.29 is 9.53 Å². The Balaban J connectivity index is 1.50. The average Bonchev–Trinajstić information content (AvgIpc) is 3.12.